The van der Waals surface area contributed by atoms with E-state index in [0.717, 1.165) is 12.0 Å². The normalized spacial score (nSPS) is 47.6. The first-order valence-corrected chi connectivity index (χ1v) is 13.1. The van der Waals surface area contributed by atoms with E-state index in [0.29, 0.717) is 38.5 Å². The third-order valence-corrected chi connectivity index (χ3v) is 10.7. The highest BCUT2D eigenvalue weighted by Crippen LogP contribution is 2.68. The van der Waals surface area contributed by atoms with Crippen LogP contribution in [0.5, 0.6) is 0 Å². The van der Waals surface area contributed by atoms with Gasteiger partial charge < -0.3 is 30.6 Å². The Morgan fingerprint density at radius 3 is 2.44 bits per heavy atom. The van der Waals surface area contributed by atoms with Crippen molar-refractivity contribution in [2.75, 3.05) is 6.61 Å². The van der Waals surface area contributed by atoms with Crippen LogP contribution in [0.15, 0.2) is 11.6 Å². The summed E-state index contributed by atoms with van der Waals surface area (Å²) < 4.78 is 0. The molecule has 0 amide bonds. The van der Waals surface area contributed by atoms with Gasteiger partial charge in [0.2, 0.25) is 0 Å². The summed E-state index contributed by atoms with van der Waals surface area (Å²) in [5.41, 5.74) is -3.21. The van der Waals surface area contributed by atoms with Crippen LogP contribution in [-0.2, 0) is 4.79 Å². The van der Waals surface area contributed by atoms with E-state index in [4.69, 9.17) is 0 Å². The number of allylic oxidation sites excluding steroid dienone is 1. The lowest BCUT2D eigenvalue weighted by Gasteiger charge is -2.60. The molecule has 0 saturated heterocycles. The molecule has 4 aliphatic rings. The zero-order chi connectivity index (χ0) is 25.3. The van der Waals surface area contributed by atoms with Crippen molar-refractivity contribution in [2.24, 2.45) is 34.5 Å². The summed E-state index contributed by atoms with van der Waals surface area (Å²) in [5, 5.41) is 64.7. The molecular weight excluding hydrogens is 436 g/mol. The quantitative estimate of drug-likeness (QED) is 0.340. The highest BCUT2D eigenvalue weighted by atomic mass is 16.3. The number of ketones is 1. The molecule has 6 N–H and O–H groups in total. The van der Waals surface area contributed by atoms with Crippen LogP contribution in [0.2, 0.25) is 0 Å². The average Bonchev–Trinajstić information content (AvgIpc) is 3.06. The fourth-order valence-corrected chi connectivity index (χ4v) is 8.37. The Labute approximate surface area is 202 Å². The third-order valence-electron chi connectivity index (χ3n) is 10.7. The number of hydrogen-bond acceptors (Lipinski definition) is 7. The third kappa shape index (κ3) is 3.65. The fraction of sp³-hybridized carbons (Fsp3) is 0.889. The zero-order valence-corrected chi connectivity index (χ0v) is 21.1. The molecule has 0 spiro atoms. The lowest BCUT2D eigenvalue weighted by molar-refractivity contribution is -0.176. The van der Waals surface area contributed by atoms with Crippen LogP contribution in [0.25, 0.3) is 0 Å². The molecule has 0 bridgehead atoms. The van der Waals surface area contributed by atoms with Crippen molar-refractivity contribution >= 4 is 5.78 Å². The molecule has 0 radical (unpaired) electrons. The lowest BCUT2D eigenvalue weighted by atomic mass is 9.45. The Bertz CT molecular complexity index is 839. The largest absolute Gasteiger partial charge is 0.396 e. The van der Waals surface area contributed by atoms with Crippen molar-refractivity contribution in [2.45, 2.75) is 109 Å². The molecular formula is C27H44O7. The Hall–Kier alpha value is -0.830. The summed E-state index contributed by atoms with van der Waals surface area (Å²) in [5.74, 6) is -0.859. The van der Waals surface area contributed by atoms with Gasteiger partial charge in [0.15, 0.2) is 5.78 Å². The molecule has 7 heteroatoms. The van der Waals surface area contributed by atoms with Gasteiger partial charge in [-0.05, 0) is 93.1 Å². The number of rotatable bonds is 6. The van der Waals surface area contributed by atoms with E-state index >= 15 is 0 Å². The van der Waals surface area contributed by atoms with Gasteiger partial charge >= 0.3 is 0 Å². The maximum Gasteiger partial charge on any atom is 0.159 e. The molecule has 3 saturated carbocycles. The van der Waals surface area contributed by atoms with Gasteiger partial charge in [-0.3, -0.25) is 4.79 Å². The van der Waals surface area contributed by atoms with Crippen molar-refractivity contribution in [3.63, 3.8) is 0 Å². The van der Waals surface area contributed by atoms with Gasteiger partial charge in [0, 0.05) is 17.9 Å². The number of carbonyl (C=O) groups excluding carboxylic acids is 1. The van der Waals surface area contributed by atoms with Gasteiger partial charge in [-0.15, -0.1) is 0 Å². The maximum absolute atomic E-state index is 13.3. The molecule has 0 aromatic rings. The SMILES string of the molecule is C[C@@H](CO)CC[C@@H](O)[C@](C)(O)[C@H]1CC[C@@]2(O)C3=CC(=O)[C@@H]4C[C@@H](O)[C@@H](O)C[C@@]4(C)[C@H]3CC[C@@]12C. The Balaban J connectivity index is 1.65. The minimum atomic E-state index is -1.42. The van der Waals surface area contributed by atoms with Crippen molar-refractivity contribution < 1.29 is 35.4 Å². The molecule has 3 fully saturated rings. The van der Waals surface area contributed by atoms with Crippen molar-refractivity contribution in [1.29, 1.82) is 0 Å². The molecule has 0 heterocycles. The molecule has 0 aromatic carbocycles. The summed E-state index contributed by atoms with van der Waals surface area (Å²) in [6, 6.07) is 0. The molecule has 4 rings (SSSR count). The van der Waals surface area contributed by atoms with E-state index in [1.807, 2.05) is 20.8 Å². The van der Waals surface area contributed by atoms with E-state index in [2.05, 4.69) is 0 Å². The Morgan fingerprint density at radius 1 is 1.12 bits per heavy atom. The molecule has 7 nitrogen and oxygen atoms in total. The number of fused-ring (bicyclic) bond motifs is 5. The molecule has 194 valence electrons. The minimum Gasteiger partial charge on any atom is -0.396 e. The van der Waals surface area contributed by atoms with Crippen LogP contribution in [-0.4, -0.2) is 72.5 Å². The topological polar surface area (TPSA) is 138 Å². The minimum absolute atomic E-state index is 0.0326. The maximum atomic E-state index is 13.3. The summed E-state index contributed by atoms with van der Waals surface area (Å²) in [4.78, 5) is 13.3. The smallest absolute Gasteiger partial charge is 0.159 e. The number of aliphatic hydroxyl groups is 6. The molecule has 4 aliphatic carbocycles. The fourth-order valence-electron chi connectivity index (χ4n) is 8.37. The van der Waals surface area contributed by atoms with Gasteiger partial charge in [-0.2, -0.15) is 0 Å². The van der Waals surface area contributed by atoms with Crippen LogP contribution in [0.1, 0.15) is 79.1 Å². The summed E-state index contributed by atoms with van der Waals surface area (Å²) >= 11 is 0. The molecule has 0 aromatic heterocycles. The highest BCUT2D eigenvalue weighted by molar-refractivity contribution is 5.95. The van der Waals surface area contributed by atoms with Gasteiger partial charge in [0.05, 0.1) is 29.5 Å². The van der Waals surface area contributed by atoms with Gasteiger partial charge in [-0.25, -0.2) is 0 Å². The van der Waals surface area contributed by atoms with Gasteiger partial charge in [0.1, 0.15) is 0 Å². The van der Waals surface area contributed by atoms with E-state index in [1.165, 1.54) is 0 Å². The summed E-state index contributed by atoms with van der Waals surface area (Å²) in [6.45, 7) is 7.59. The summed E-state index contributed by atoms with van der Waals surface area (Å²) in [6.07, 6.45) is 2.65. The van der Waals surface area contributed by atoms with Crippen LogP contribution in [0.4, 0.5) is 0 Å². The predicted octanol–water partition coefficient (Wildman–Crippen LogP) is 1.71. The van der Waals surface area contributed by atoms with Crippen LogP contribution in [0.3, 0.4) is 0 Å². The zero-order valence-electron chi connectivity index (χ0n) is 21.1. The average molecular weight is 481 g/mol. The Morgan fingerprint density at radius 2 is 1.79 bits per heavy atom. The number of carbonyl (C=O) groups is 1. The predicted molar refractivity (Wildman–Crippen MR) is 127 cm³/mol. The van der Waals surface area contributed by atoms with Crippen molar-refractivity contribution in [3.05, 3.63) is 11.6 Å². The van der Waals surface area contributed by atoms with Crippen LogP contribution < -0.4 is 0 Å². The summed E-state index contributed by atoms with van der Waals surface area (Å²) in [7, 11) is 0. The number of hydrogen-bond donors (Lipinski definition) is 6. The second-order valence-corrected chi connectivity index (χ2v) is 12.7. The van der Waals surface area contributed by atoms with Crippen molar-refractivity contribution in [3.8, 4) is 0 Å². The first-order chi connectivity index (χ1) is 15.7. The first kappa shape index (κ1) is 26.2. The lowest BCUT2D eigenvalue weighted by Crippen LogP contribution is -2.62. The molecule has 34 heavy (non-hydrogen) atoms. The first-order valence-electron chi connectivity index (χ1n) is 13.1. The van der Waals surface area contributed by atoms with Gasteiger partial charge in [0.25, 0.3) is 0 Å². The Kier molecular flexibility index (Phi) is 6.66. The van der Waals surface area contributed by atoms with E-state index in [1.54, 1.807) is 13.0 Å². The number of aliphatic hydroxyl groups excluding tert-OH is 4. The molecule has 0 unspecified atom stereocenters. The van der Waals surface area contributed by atoms with Crippen molar-refractivity contribution in [1.82, 2.24) is 0 Å². The second-order valence-electron chi connectivity index (χ2n) is 12.7. The second kappa shape index (κ2) is 8.63. The standard InChI is InChI=1S/C27H44O7/c1-15(14-28)5-6-23(32)26(4,33)22-8-10-27(34)17-11-19(29)18-12-20(30)21(31)13-24(18,2)16(17)7-9-25(22,27)3/h11,15-16,18,20-23,28,30-34H,5-10,12-14H2,1-4H3/t15-,16+,18+,20-,21+,22+,23-,24+,25+,26-,27-/m1/s1. The van der Waals surface area contributed by atoms with Crippen LogP contribution in [0, 0.1) is 34.5 Å². The monoisotopic (exact) mass is 480 g/mol. The molecule has 11 atom stereocenters. The van der Waals surface area contributed by atoms with Gasteiger partial charge in [-0.1, -0.05) is 20.8 Å². The molecule has 0 aliphatic heterocycles. The van der Waals surface area contributed by atoms with Crippen LogP contribution >= 0.6 is 0 Å². The van der Waals surface area contributed by atoms with E-state index < -0.39 is 40.3 Å². The highest BCUT2D eigenvalue weighted by Gasteiger charge is 2.69. The van der Waals surface area contributed by atoms with E-state index in [9.17, 15) is 35.4 Å². The van der Waals surface area contributed by atoms with E-state index in [-0.39, 0.29) is 42.5 Å².